The van der Waals surface area contributed by atoms with Gasteiger partial charge >= 0.3 is 0 Å². The van der Waals surface area contributed by atoms with E-state index in [0.29, 0.717) is 54.6 Å². The van der Waals surface area contributed by atoms with Gasteiger partial charge in [0.15, 0.2) is 0 Å². The van der Waals surface area contributed by atoms with Crippen molar-refractivity contribution >= 4 is 27.5 Å². The third-order valence-electron chi connectivity index (χ3n) is 5.99. The van der Waals surface area contributed by atoms with Gasteiger partial charge in [0.2, 0.25) is 10.0 Å². The number of halogens is 1. The summed E-state index contributed by atoms with van der Waals surface area (Å²) in [7, 11) is -0.738. The lowest BCUT2D eigenvalue weighted by molar-refractivity contribution is -0.0857. The second-order valence-electron chi connectivity index (χ2n) is 7.68. The molecule has 2 aromatic carbocycles. The summed E-state index contributed by atoms with van der Waals surface area (Å²) in [4.78, 5) is 15.0. The second kappa shape index (κ2) is 8.90. The van der Waals surface area contributed by atoms with Crippen LogP contribution >= 0.6 is 11.6 Å². The molecule has 1 amide bonds. The number of benzene rings is 2. The topological polar surface area (TPSA) is 85.4 Å². The Morgan fingerprint density at radius 1 is 1.03 bits per heavy atom. The lowest BCUT2D eigenvalue weighted by Gasteiger charge is -2.42. The third kappa shape index (κ3) is 4.05. The van der Waals surface area contributed by atoms with Crippen LogP contribution < -0.4 is 9.47 Å². The van der Waals surface area contributed by atoms with Crippen LogP contribution in [-0.2, 0) is 14.8 Å². The van der Waals surface area contributed by atoms with Crippen LogP contribution in [0.5, 0.6) is 11.5 Å². The van der Waals surface area contributed by atoms with Crippen molar-refractivity contribution in [1.29, 1.82) is 0 Å². The standard InChI is InChI=1S/C22H25ClN2O6S/c1-29-17-4-6-18(7-5-17)32(27,28)25-13-14-31-22(25)9-11-24(12-10-22)21(26)19-15-16(23)3-8-20(19)30-2/h3-8,15H,9-14H2,1-2H3. The monoisotopic (exact) mass is 480 g/mol. The molecule has 1 spiro atoms. The first-order valence-electron chi connectivity index (χ1n) is 10.2. The number of hydrogen-bond acceptors (Lipinski definition) is 6. The molecule has 2 saturated heterocycles. The smallest absolute Gasteiger partial charge is 0.257 e. The largest absolute Gasteiger partial charge is 0.497 e. The Morgan fingerprint density at radius 3 is 2.34 bits per heavy atom. The van der Waals surface area contributed by atoms with Gasteiger partial charge in [-0.05, 0) is 42.5 Å². The summed E-state index contributed by atoms with van der Waals surface area (Å²) >= 11 is 6.07. The fourth-order valence-corrected chi connectivity index (χ4v) is 6.17. The van der Waals surface area contributed by atoms with Gasteiger partial charge in [-0.25, -0.2) is 8.42 Å². The molecule has 10 heteroatoms. The molecule has 0 bridgehead atoms. The Balaban J connectivity index is 1.53. The fourth-order valence-electron chi connectivity index (χ4n) is 4.28. The average molecular weight is 481 g/mol. The van der Waals surface area contributed by atoms with Gasteiger partial charge in [0.1, 0.15) is 17.2 Å². The number of piperidine rings is 1. The molecule has 0 aliphatic carbocycles. The molecule has 2 heterocycles. The van der Waals surface area contributed by atoms with E-state index in [0.717, 1.165) is 0 Å². The van der Waals surface area contributed by atoms with E-state index in [9.17, 15) is 13.2 Å². The molecule has 0 atom stereocenters. The maximum Gasteiger partial charge on any atom is 0.257 e. The highest BCUT2D eigenvalue weighted by Gasteiger charge is 2.51. The maximum absolute atomic E-state index is 13.4. The number of amides is 1. The van der Waals surface area contributed by atoms with E-state index in [1.165, 1.54) is 30.7 Å². The Labute approximate surface area is 192 Å². The molecule has 0 unspecified atom stereocenters. The van der Waals surface area contributed by atoms with Crippen molar-refractivity contribution in [2.75, 3.05) is 40.5 Å². The minimum atomic E-state index is -3.77. The maximum atomic E-state index is 13.4. The number of carbonyl (C=O) groups is 1. The van der Waals surface area contributed by atoms with Crippen molar-refractivity contribution in [3.05, 3.63) is 53.1 Å². The molecule has 32 heavy (non-hydrogen) atoms. The molecule has 0 radical (unpaired) electrons. The number of sulfonamides is 1. The summed E-state index contributed by atoms with van der Waals surface area (Å²) in [6.07, 6.45) is 0.744. The van der Waals surface area contributed by atoms with Gasteiger partial charge in [-0.3, -0.25) is 4.79 Å². The lowest BCUT2D eigenvalue weighted by atomic mass is 9.99. The number of likely N-dealkylation sites (tertiary alicyclic amines) is 1. The first-order valence-corrected chi connectivity index (χ1v) is 12.1. The van der Waals surface area contributed by atoms with Crippen molar-refractivity contribution in [3.8, 4) is 11.5 Å². The van der Waals surface area contributed by atoms with E-state index in [2.05, 4.69) is 0 Å². The summed E-state index contributed by atoms with van der Waals surface area (Å²) in [5, 5.41) is 0.443. The van der Waals surface area contributed by atoms with Crippen LogP contribution in [0.2, 0.25) is 5.02 Å². The van der Waals surface area contributed by atoms with Gasteiger partial charge in [-0.2, -0.15) is 4.31 Å². The lowest BCUT2D eigenvalue weighted by Crippen LogP contribution is -2.55. The number of nitrogens with zero attached hydrogens (tertiary/aromatic N) is 2. The zero-order valence-corrected chi connectivity index (χ0v) is 19.5. The molecule has 2 aliphatic heterocycles. The van der Waals surface area contributed by atoms with Gasteiger partial charge in [-0.15, -0.1) is 0 Å². The molecule has 4 rings (SSSR count). The molecular formula is C22H25ClN2O6S. The summed E-state index contributed by atoms with van der Waals surface area (Å²) < 4.78 is 44.6. The van der Waals surface area contributed by atoms with E-state index in [-0.39, 0.29) is 17.3 Å². The van der Waals surface area contributed by atoms with Crippen LogP contribution in [0.3, 0.4) is 0 Å². The van der Waals surface area contributed by atoms with Crippen LogP contribution in [0.25, 0.3) is 0 Å². The van der Waals surface area contributed by atoms with Crippen molar-refractivity contribution < 1.29 is 27.4 Å². The number of ether oxygens (including phenoxy) is 3. The molecule has 0 aromatic heterocycles. The number of hydrogen-bond donors (Lipinski definition) is 0. The van der Waals surface area contributed by atoms with Crippen LogP contribution in [0, 0.1) is 0 Å². The van der Waals surface area contributed by atoms with Crippen molar-refractivity contribution in [3.63, 3.8) is 0 Å². The van der Waals surface area contributed by atoms with E-state index in [1.807, 2.05) is 0 Å². The zero-order chi connectivity index (χ0) is 22.9. The summed E-state index contributed by atoms with van der Waals surface area (Å²) in [6, 6.07) is 11.2. The Bertz CT molecular complexity index is 1100. The predicted molar refractivity (Wildman–Crippen MR) is 119 cm³/mol. The third-order valence-corrected chi connectivity index (χ3v) is 8.19. The first-order chi connectivity index (χ1) is 15.3. The average Bonchev–Trinajstić information content (AvgIpc) is 3.23. The minimum Gasteiger partial charge on any atom is -0.497 e. The molecule has 0 saturated carbocycles. The van der Waals surface area contributed by atoms with E-state index in [1.54, 1.807) is 35.2 Å². The molecule has 172 valence electrons. The Hall–Kier alpha value is -2.33. The number of methoxy groups -OCH3 is 2. The minimum absolute atomic E-state index is 0.186. The zero-order valence-electron chi connectivity index (χ0n) is 17.9. The number of carbonyl (C=O) groups excluding carboxylic acids is 1. The number of rotatable bonds is 5. The van der Waals surface area contributed by atoms with E-state index in [4.69, 9.17) is 25.8 Å². The summed E-state index contributed by atoms with van der Waals surface area (Å²) in [5.41, 5.74) is -0.584. The second-order valence-corrected chi connectivity index (χ2v) is 9.98. The van der Waals surface area contributed by atoms with Gasteiger partial charge in [0.05, 0.1) is 31.3 Å². The normalized spacial score (nSPS) is 18.7. The van der Waals surface area contributed by atoms with Gasteiger partial charge in [0.25, 0.3) is 5.91 Å². The molecule has 2 fully saturated rings. The van der Waals surface area contributed by atoms with E-state index < -0.39 is 15.7 Å². The van der Waals surface area contributed by atoms with E-state index >= 15 is 0 Å². The van der Waals surface area contributed by atoms with Crippen molar-refractivity contribution in [2.24, 2.45) is 0 Å². The molecular weight excluding hydrogens is 456 g/mol. The highest BCUT2D eigenvalue weighted by atomic mass is 35.5. The Morgan fingerprint density at radius 2 is 1.72 bits per heavy atom. The molecule has 2 aromatic rings. The quantitative estimate of drug-likeness (QED) is 0.654. The first kappa shape index (κ1) is 22.8. The Kier molecular flexibility index (Phi) is 6.35. The van der Waals surface area contributed by atoms with Crippen LogP contribution in [0.1, 0.15) is 23.2 Å². The van der Waals surface area contributed by atoms with Crippen LogP contribution in [0.15, 0.2) is 47.4 Å². The molecule has 0 N–H and O–H groups in total. The van der Waals surface area contributed by atoms with Crippen LogP contribution in [0.4, 0.5) is 0 Å². The summed E-state index contributed by atoms with van der Waals surface area (Å²) in [5.74, 6) is 0.821. The SMILES string of the molecule is COc1ccc(S(=O)(=O)N2CCOC23CCN(C(=O)c2cc(Cl)ccc2OC)CC3)cc1. The highest BCUT2D eigenvalue weighted by molar-refractivity contribution is 7.89. The van der Waals surface area contributed by atoms with Gasteiger partial charge in [0, 0.05) is 37.5 Å². The van der Waals surface area contributed by atoms with Gasteiger partial charge < -0.3 is 19.1 Å². The van der Waals surface area contributed by atoms with Crippen molar-refractivity contribution in [1.82, 2.24) is 9.21 Å². The fraction of sp³-hybridized carbons (Fsp3) is 0.409. The van der Waals surface area contributed by atoms with Crippen LogP contribution in [-0.4, -0.2) is 69.7 Å². The predicted octanol–water partition coefficient (Wildman–Crippen LogP) is 3.01. The molecule has 8 nitrogen and oxygen atoms in total. The van der Waals surface area contributed by atoms with Gasteiger partial charge in [-0.1, -0.05) is 11.6 Å². The summed E-state index contributed by atoms with van der Waals surface area (Å²) in [6.45, 7) is 1.28. The molecule has 2 aliphatic rings. The van der Waals surface area contributed by atoms with Crippen molar-refractivity contribution in [2.45, 2.75) is 23.5 Å². The highest BCUT2D eigenvalue weighted by Crippen LogP contribution is 2.39.